The maximum Gasteiger partial charge on any atom is 0.323 e. The van der Waals surface area contributed by atoms with Crippen molar-refractivity contribution in [2.45, 2.75) is 31.8 Å². The molecule has 0 N–H and O–H groups in total. The number of methoxy groups -OCH3 is 1. The van der Waals surface area contributed by atoms with Gasteiger partial charge in [0.1, 0.15) is 6.04 Å². The van der Waals surface area contributed by atoms with E-state index >= 15 is 0 Å². The number of nitrogens with zero attached hydrogens (tertiary/aromatic N) is 2. The molecule has 0 aromatic carbocycles. The van der Waals surface area contributed by atoms with Crippen LogP contribution in [-0.4, -0.2) is 55.0 Å². The van der Waals surface area contributed by atoms with Gasteiger partial charge in [0.2, 0.25) is 5.91 Å². The Bertz CT molecular complexity index is 475. The van der Waals surface area contributed by atoms with Gasteiger partial charge in [0, 0.05) is 11.9 Å². The van der Waals surface area contributed by atoms with Crippen LogP contribution in [0.2, 0.25) is 0 Å². The Labute approximate surface area is 129 Å². The fraction of sp³-hybridized carbons (Fsp3) is 0.600. The summed E-state index contributed by atoms with van der Waals surface area (Å²) in [5, 5.41) is 2.01. The number of likely N-dealkylation sites (N-methyl/N-ethyl adjacent to an activating group) is 1. The van der Waals surface area contributed by atoms with Gasteiger partial charge >= 0.3 is 5.97 Å². The molecule has 1 unspecified atom stereocenters. The molecule has 5 nitrogen and oxygen atoms in total. The molecular formula is C15H22N2O3S. The number of hydrogen-bond donors (Lipinski definition) is 0. The number of carbonyl (C=O) groups is 2. The van der Waals surface area contributed by atoms with Crippen molar-refractivity contribution in [3.8, 4) is 0 Å². The predicted molar refractivity (Wildman–Crippen MR) is 82.0 cm³/mol. The van der Waals surface area contributed by atoms with Gasteiger partial charge in [-0.15, -0.1) is 11.3 Å². The molecule has 0 saturated carbocycles. The standard InChI is InChI=1S/C15H22N2O3S/c1-16(10-12-6-5-9-21-12)14(18)11-17-8-4-3-7-13(17)15(19)20-2/h5-6,9,13H,3-4,7-8,10-11H2,1-2H3. The zero-order valence-electron chi connectivity index (χ0n) is 12.6. The van der Waals surface area contributed by atoms with Gasteiger partial charge < -0.3 is 9.64 Å². The summed E-state index contributed by atoms with van der Waals surface area (Å²) in [5.74, 6) is -0.192. The second kappa shape index (κ2) is 7.56. The molecule has 2 rings (SSSR count). The van der Waals surface area contributed by atoms with E-state index in [4.69, 9.17) is 4.74 Å². The summed E-state index contributed by atoms with van der Waals surface area (Å²) < 4.78 is 4.84. The molecule has 1 amide bonds. The lowest BCUT2D eigenvalue weighted by atomic mass is 10.0. The van der Waals surface area contributed by atoms with Crippen molar-refractivity contribution in [1.82, 2.24) is 9.80 Å². The molecule has 1 saturated heterocycles. The maximum atomic E-state index is 12.3. The predicted octanol–water partition coefficient (Wildman–Crippen LogP) is 1.73. The molecular weight excluding hydrogens is 288 g/mol. The van der Waals surface area contributed by atoms with Crippen LogP contribution in [0.5, 0.6) is 0 Å². The first kappa shape index (κ1) is 16.0. The van der Waals surface area contributed by atoms with Crippen molar-refractivity contribution in [3.05, 3.63) is 22.4 Å². The Morgan fingerprint density at radius 1 is 1.48 bits per heavy atom. The summed E-state index contributed by atoms with van der Waals surface area (Å²) in [6, 6.07) is 3.73. The molecule has 21 heavy (non-hydrogen) atoms. The Morgan fingerprint density at radius 3 is 2.95 bits per heavy atom. The quantitative estimate of drug-likeness (QED) is 0.777. The molecule has 0 spiro atoms. The number of piperidine rings is 1. The van der Waals surface area contributed by atoms with Gasteiger partial charge in [0.05, 0.1) is 20.2 Å². The van der Waals surface area contributed by atoms with Crippen molar-refractivity contribution >= 4 is 23.2 Å². The van der Waals surface area contributed by atoms with Crippen LogP contribution in [0.25, 0.3) is 0 Å². The average molecular weight is 310 g/mol. The number of rotatable bonds is 5. The first-order chi connectivity index (χ1) is 10.1. The second-order valence-corrected chi connectivity index (χ2v) is 6.37. The first-order valence-corrected chi connectivity index (χ1v) is 8.08. The van der Waals surface area contributed by atoms with Gasteiger partial charge in [-0.25, -0.2) is 0 Å². The number of thiophene rings is 1. The number of ether oxygens (including phenoxy) is 1. The third-order valence-electron chi connectivity index (χ3n) is 3.82. The van der Waals surface area contributed by atoms with Gasteiger partial charge in [-0.2, -0.15) is 0 Å². The summed E-state index contributed by atoms with van der Waals surface area (Å²) in [4.78, 5) is 29.0. The highest BCUT2D eigenvalue weighted by molar-refractivity contribution is 7.09. The SMILES string of the molecule is COC(=O)C1CCCCN1CC(=O)N(C)Cc1cccs1. The third kappa shape index (κ3) is 4.28. The molecule has 1 aliphatic heterocycles. The number of amides is 1. The highest BCUT2D eigenvalue weighted by Gasteiger charge is 2.31. The van der Waals surface area contributed by atoms with Crippen LogP contribution in [-0.2, 0) is 20.9 Å². The summed E-state index contributed by atoms with van der Waals surface area (Å²) in [6.45, 7) is 1.67. The largest absolute Gasteiger partial charge is 0.468 e. The summed E-state index contributed by atoms with van der Waals surface area (Å²) >= 11 is 1.64. The van der Waals surface area contributed by atoms with Crippen LogP contribution in [0, 0.1) is 0 Å². The van der Waals surface area contributed by atoms with E-state index in [1.807, 2.05) is 22.4 Å². The highest BCUT2D eigenvalue weighted by atomic mass is 32.1. The molecule has 116 valence electrons. The maximum absolute atomic E-state index is 12.3. The van der Waals surface area contributed by atoms with Gasteiger partial charge in [-0.1, -0.05) is 12.5 Å². The van der Waals surface area contributed by atoms with E-state index in [1.165, 1.54) is 7.11 Å². The van der Waals surface area contributed by atoms with E-state index in [9.17, 15) is 9.59 Å². The van der Waals surface area contributed by atoms with Gasteiger partial charge in [-0.05, 0) is 30.8 Å². The Balaban J connectivity index is 1.91. The third-order valence-corrected chi connectivity index (χ3v) is 4.69. The smallest absolute Gasteiger partial charge is 0.323 e. The van der Waals surface area contributed by atoms with Crippen molar-refractivity contribution in [3.63, 3.8) is 0 Å². The number of carbonyl (C=O) groups excluding carboxylic acids is 2. The fourth-order valence-corrected chi connectivity index (χ4v) is 3.36. The van der Waals surface area contributed by atoms with Crippen LogP contribution >= 0.6 is 11.3 Å². The molecule has 0 aliphatic carbocycles. The van der Waals surface area contributed by atoms with Crippen LogP contribution in [0.3, 0.4) is 0 Å². The molecule has 0 radical (unpaired) electrons. The zero-order valence-corrected chi connectivity index (χ0v) is 13.4. The first-order valence-electron chi connectivity index (χ1n) is 7.20. The Morgan fingerprint density at radius 2 is 2.29 bits per heavy atom. The summed E-state index contributed by atoms with van der Waals surface area (Å²) in [7, 11) is 3.21. The molecule has 2 heterocycles. The monoisotopic (exact) mass is 310 g/mol. The van der Waals surface area contributed by atoms with Gasteiger partial charge in [0.25, 0.3) is 0 Å². The average Bonchev–Trinajstić information content (AvgIpc) is 2.99. The zero-order chi connectivity index (χ0) is 15.2. The van der Waals surface area contributed by atoms with Crippen LogP contribution in [0.4, 0.5) is 0 Å². The number of hydrogen-bond acceptors (Lipinski definition) is 5. The molecule has 1 aliphatic rings. The lowest BCUT2D eigenvalue weighted by molar-refractivity contribution is -0.149. The van der Waals surface area contributed by atoms with E-state index in [1.54, 1.807) is 23.3 Å². The van der Waals surface area contributed by atoms with Crippen molar-refractivity contribution in [1.29, 1.82) is 0 Å². The minimum absolute atomic E-state index is 0.0409. The van der Waals surface area contributed by atoms with E-state index < -0.39 is 0 Å². The molecule has 1 atom stereocenters. The van der Waals surface area contributed by atoms with Crippen LogP contribution < -0.4 is 0 Å². The molecule has 6 heteroatoms. The molecule has 0 bridgehead atoms. The van der Waals surface area contributed by atoms with E-state index in [0.29, 0.717) is 6.54 Å². The highest BCUT2D eigenvalue weighted by Crippen LogP contribution is 2.18. The Hall–Kier alpha value is -1.40. The van der Waals surface area contributed by atoms with E-state index in [-0.39, 0.29) is 24.5 Å². The van der Waals surface area contributed by atoms with Crippen molar-refractivity contribution < 1.29 is 14.3 Å². The molecule has 1 aromatic heterocycles. The number of likely N-dealkylation sites (tertiary alicyclic amines) is 1. The topological polar surface area (TPSA) is 49.9 Å². The fourth-order valence-electron chi connectivity index (χ4n) is 2.60. The van der Waals surface area contributed by atoms with Crippen molar-refractivity contribution in [2.24, 2.45) is 0 Å². The van der Waals surface area contributed by atoms with Crippen LogP contribution in [0.1, 0.15) is 24.1 Å². The van der Waals surface area contributed by atoms with Gasteiger partial charge in [0.15, 0.2) is 0 Å². The van der Waals surface area contributed by atoms with E-state index in [2.05, 4.69) is 0 Å². The second-order valence-electron chi connectivity index (χ2n) is 5.33. The van der Waals surface area contributed by atoms with Gasteiger partial charge in [-0.3, -0.25) is 14.5 Å². The van der Waals surface area contributed by atoms with Crippen LogP contribution in [0.15, 0.2) is 17.5 Å². The minimum atomic E-state index is -0.275. The summed E-state index contributed by atoms with van der Waals surface area (Å²) in [6.07, 6.45) is 2.81. The number of esters is 1. The molecule has 1 fully saturated rings. The summed E-state index contributed by atoms with van der Waals surface area (Å²) in [5.41, 5.74) is 0. The normalized spacial score (nSPS) is 19.2. The minimum Gasteiger partial charge on any atom is -0.468 e. The molecule has 1 aromatic rings. The Kier molecular flexibility index (Phi) is 5.76. The lowest BCUT2D eigenvalue weighted by Gasteiger charge is -2.34. The van der Waals surface area contributed by atoms with Crippen molar-refractivity contribution in [2.75, 3.05) is 27.2 Å². The van der Waals surface area contributed by atoms with E-state index in [0.717, 1.165) is 30.7 Å². The lowest BCUT2D eigenvalue weighted by Crippen LogP contribution is -2.49.